The van der Waals surface area contributed by atoms with Crippen molar-refractivity contribution in [1.29, 1.82) is 0 Å². The second-order valence-electron chi connectivity index (χ2n) is 4.95. The van der Waals surface area contributed by atoms with Gasteiger partial charge in [-0.2, -0.15) is 13.2 Å². The van der Waals surface area contributed by atoms with E-state index in [1.165, 1.54) is 19.1 Å². The van der Waals surface area contributed by atoms with E-state index in [-0.39, 0.29) is 12.1 Å². The van der Waals surface area contributed by atoms with Crippen LogP contribution in [-0.2, 0) is 18.3 Å². The Labute approximate surface area is 114 Å². The first-order valence-electron chi connectivity index (χ1n) is 6.08. The molecule has 0 aliphatic rings. The van der Waals surface area contributed by atoms with Crippen LogP contribution in [0.4, 0.5) is 13.2 Å². The molecule has 1 N–H and O–H groups in total. The Morgan fingerprint density at radius 3 is 2.45 bits per heavy atom. The largest absolute Gasteiger partial charge is 0.416 e. The normalized spacial score (nSPS) is 15.1. The van der Waals surface area contributed by atoms with Gasteiger partial charge in [0.05, 0.1) is 12.1 Å². The molecule has 0 bridgehead atoms. The predicted molar refractivity (Wildman–Crippen MR) is 68.0 cm³/mol. The number of hydrogen-bond acceptors (Lipinski definition) is 2. The standard InChI is InChI=1S/C14H15F3N2O/c1-10-18-6-7-19(10)9-13(2,20)11-4-3-5-12(8-11)14(15,16)17/h3-8,20H,9H2,1-2H3. The van der Waals surface area contributed by atoms with Gasteiger partial charge in [0.25, 0.3) is 0 Å². The summed E-state index contributed by atoms with van der Waals surface area (Å²) < 4.78 is 39.8. The van der Waals surface area contributed by atoms with Gasteiger partial charge >= 0.3 is 6.18 Å². The second-order valence-corrected chi connectivity index (χ2v) is 4.95. The molecule has 6 heteroatoms. The smallest absolute Gasteiger partial charge is 0.384 e. The molecule has 0 spiro atoms. The van der Waals surface area contributed by atoms with Gasteiger partial charge in [-0.05, 0) is 31.5 Å². The Bertz CT molecular complexity index is 602. The van der Waals surface area contributed by atoms with Crippen molar-refractivity contribution >= 4 is 0 Å². The fourth-order valence-corrected chi connectivity index (χ4v) is 2.02. The van der Waals surface area contributed by atoms with Crippen molar-refractivity contribution in [1.82, 2.24) is 9.55 Å². The van der Waals surface area contributed by atoms with Crippen molar-refractivity contribution in [2.24, 2.45) is 0 Å². The molecule has 2 rings (SSSR count). The van der Waals surface area contributed by atoms with E-state index < -0.39 is 17.3 Å². The van der Waals surface area contributed by atoms with Crippen LogP contribution in [-0.4, -0.2) is 14.7 Å². The lowest BCUT2D eigenvalue weighted by atomic mass is 9.94. The van der Waals surface area contributed by atoms with Gasteiger partial charge in [-0.25, -0.2) is 4.98 Å². The van der Waals surface area contributed by atoms with Gasteiger partial charge in [0.15, 0.2) is 0 Å². The van der Waals surface area contributed by atoms with Crippen molar-refractivity contribution in [2.45, 2.75) is 32.2 Å². The molecular weight excluding hydrogens is 269 g/mol. The van der Waals surface area contributed by atoms with Crippen LogP contribution in [0.25, 0.3) is 0 Å². The second kappa shape index (κ2) is 4.94. The summed E-state index contributed by atoms with van der Waals surface area (Å²) in [5, 5.41) is 10.5. The van der Waals surface area contributed by atoms with Crippen LogP contribution >= 0.6 is 0 Å². The Morgan fingerprint density at radius 2 is 1.90 bits per heavy atom. The molecule has 3 nitrogen and oxygen atoms in total. The minimum Gasteiger partial charge on any atom is -0.384 e. The van der Waals surface area contributed by atoms with E-state index in [9.17, 15) is 18.3 Å². The number of aromatic nitrogens is 2. The first kappa shape index (κ1) is 14.6. The molecule has 108 valence electrons. The summed E-state index contributed by atoms with van der Waals surface area (Å²) in [7, 11) is 0. The summed E-state index contributed by atoms with van der Waals surface area (Å²) in [6.45, 7) is 3.39. The third-order valence-electron chi connectivity index (χ3n) is 3.21. The van der Waals surface area contributed by atoms with Crippen molar-refractivity contribution in [3.8, 4) is 0 Å². The van der Waals surface area contributed by atoms with Crippen LogP contribution in [0.2, 0.25) is 0 Å². The number of halogens is 3. The number of imidazole rings is 1. The topological polar surface area (TPSA) is 38.0 Å². The van der Waals surface area contributed by atoms with Crippen molar-refractivity contribution in [3.05, 3.63) is 53.6 Å². The third kappa shape index (κ3) is 3.01. The summed E-state index contributed by atoms with van der Waals surface area (Å²) in [4.78, 5) is 4.02. The Balaban J connectivity index is 2.32. The molecule has 0 amide bonds. The average molecular weight is 284 g/mol. The first-order valence-corrected chi connectivity index (χ1v) is 6.08. The molecule has 0 aliphatic carbocycles. The van der Waals surface area contributed by atoms with E-state index in [2.05, 4.69) is 4.98 Å². The van der Waals surface area contributed by atoms with E-state index in [1.807, 2.05) is 0 Å². The summed E-state index contributed by atoms with van der Waals surface area (Å²) in [5.41, 5.74) is -1.95. The number of aryl methyl sites for hydroxylation is 1. The molecule has 1 heterocycles. The highest BCUT2D eigenvalue weighted by atomic mass is 19.4. The average Bonchev–Trinajstić information content (AvgIpc) is 2.73. The SMILES string of the molecule is Cc1nccn1CC(C)(O)c1cccc(C(F)(F)F)c1. The lowest BCUT2D eigenvalue weighted by Crippen LogP contribution is -2.28. The summed E-state index contributed by atoms with van der Waals surface area (Å²) >= 11 is 0. The molecule has 0 saturated carbocycles. The molecule has 1 atom stereocenters. The molecule has 0 fully saturated rings. The monoisotopic (exact) mass is 284 g/mol. The van der Waals surface area contributed by atoms with E-state index in [0.29, 0.717) is 5.82 Å². The summed E-state index contributed by atoms with van der Waals surface area (Å²) in [6, 6.07) is 4.75. The lowest BCUT2D eigenvalue weighted by Gasteiger charge is -2.25. The number of hydrogen-bond donors (Lipinski definition) is 1. The molecular formula is C14H15F3N2O. The third-order valence-corrected chi connectivity index (χ3v) is 3.21. The maximum Gasteiger partial charge on any atom is 0.416 e. The van der Waals surface area contributed by atoms with Crippen LogP contribution in [0.15, 0.2) is 36.7 Å². The van der Waals surface area contributed by atoms with Gasteiger partial charge in [-0.3, -0.25) is 0 Å². The molecule has 1 aromatic heterocycles. The van der Waals surface area contributed by atoms with Gasteiger partial charge < -0.3 is 9.67 Å². The molecule has 0 aliphatic heterocycles. The van der Waals surface area contributed by atoms with E-state index in [4.69, 9.17) is 0 Å². The van der Waals surface area contributed by atoms with E-state index in [1.54, 1.807) is 23.9 Å². The van der Waals surface area contributed by atoms with E-state index >= 15 is 0 Å². The maximum absolute atomic E-state index is 12.7. The molecule has 2 aromatic rings. The molecule has 0 saturated heterocycles. The molecule has 20 heavy (non-hydrogen) atoms. The van der Waals surface area contributed by atoms with Crippen LogP contribution < -0.4 is 0 Å². The minimum atomic E-state index is -4.42. The Hall–Kier alpha value is -1.82. The van der Waals surface area contributed by atoms with Crippen LogP contribution in [0.3, 0.4) is 0 Å². The Morgan fingerprint density at radius 1 is 1.25 bits per heavy atom. The number of alkyl halides is 3. The summed E-state index contributed by atoms with van der Waals surface area (Å²) in [6.07, 6.45) is -1.16. The van der Waals surface area contributed by atoms with Gasteiger partial charge in [0.2, 0.25) is 0 Å². The van der Waals surface area contributed by atoms with Crippen LogP contribution in [0.5, 0.6) is 0 Å². The van der Waals surface area contributed by atoms with Crippen molar-refractivity contribution in [2.75, 3.05) is 0 Å². The van der Waals surface area contributed by atoms with Gasteiger partial charge in [0.1, 0.15) is 11.4 Å². The highest BCUT2D eigenvalue weighted by Gasteiger charge is 2.33. The molecule has 0 radical (unpaired) electrons. The zero-order chi connectivity index (χ0) is 15.0. The Kier molecular flexibility index (Phi) is 3.60. The van der Waals surface area contributed by atoms with E-state index in [0.717, 1.165) is 12.1 Å². The highest BCUT2D eigenvalue weighted by molar-refractivity contribution is 5.29. The quantitative estimate of drug-likeness (QED) is 0.940. The number of rotatable bonds is 3. The molecule has 1 unspecified atom stereocenters. The number of aliphatic hydroxyl groups is 1. The number of benzene rings is 1. The molecule has 1 aromatic carbocycles. The van der Waals surface area contributed by atoms with Crippen molar-refractivity contribution in [3.63, 3.8) is 0 Å². The predicted octanol–water partition coefficient (Wildman–Crippen LogP) is 3.12. The van der Waals surface area contributed by atoms with Gasteiger partial charge in [0, 0.05) is 12.4 Å². The van der Waals surface area contributed by atoms with Gasteiger partial charge in [-0.1, -0.05) is 12.1 Å². The highest BCUT2D eigenvalue weighted by Crippen LogP contribution is 2.32. The zero-order valence-electron chi connectivity index (χ0n) is 11.1. The first-order chi connectivity index (χ1) is 9.20. The fourth-order valence-electron chi connectivity index (χ4n) is 2.02. The minimum absolute atomic E-state index is 0.139. The van der Waals surface area contributed by atoms with Gasteiger partial charge in [-0.15, -0.1) is 0 Å². The number of nitrogens with zero attached hydrogens (tertiary/aromatic N) is 2. The van der Waals surface area contributed by atoms with Crippen LogP contribution in [0.1, 0.15) is 23.9 Å². The van der Waals surface area contributed by atoms with Crippen LogP contribution in [0, 0.1) is 6.92 Å². The van der Waals surface area contributed by atoms with Crippen molar-refractivity contribution < 1.29 is 18.3 Å². The zero-order valence-corrected chi connectivity index (χ0v) is 11.1. The summed E-state index contributed by atoms with van der Waals surface area (Å²) in [5.74, 6) is 0.692. The lowest BCUT2D eigenvalue weighted by molar-refractivity contribution is -0.137. The maximum atomic E-state index is 12.7. The fraction of sp³-hybridized carbons (Fsp3) is 0.357.